The van der Waals surface area contributed by atoms with Crippen LogP contribution in [0.15, 0.2) is 36.1 Å². The lowest BCUT2D eigenvalue weighted by atomic mass is 10.2. The molecule has 0 spiro atoms. The molecule has 20 heavy (non-hydrogen) atoms. The van der Waals surface area contributed by atoms with Gasteiger partial charge in [0.2, 0.25) is 0 Å². The summed E-state index contributed by atoms with van der Waals surface area (Å²) in [5.74, 6) is 1.03. The molecule has 0 aliphatic heterocycles. The van der Waals surface area contributed by atoms with Crippen molar-refractivity contribution >= 4 is 22.7 Å². The smallest absolute Gasteiger partial charge is 0.131 e. The molecular formula is C14H16N4S2. The van der Waals surface area contributed by atoms with Gasteiger partial charge < -0.3 is 4.57 Å². The van der Waals surface area contributed by atoms with Gasteiger partial charge in [-0.3, -0.25) is 5.32 Å². The lowest BCUT2D eigenvalue weighted by Gasteiger charge is -2.16. The van der Waals surface area contributed by atoms with Crippen LogP contribution in [0.3, 0.4) is 0 Å². The van der Waals surface area contributed by atoms with E-state index in [1.807, 2.05) is 25.6 Å². The number of nitrogens with zero attached hydrogens (tertiary/aromatic N) is 3. The Labute approximate surface area is 126 Å². The number of aromatic nitrogens is 3. The number of nitrogens with one attached hydrogen (secondary N) is 1. The second kappa shape index (κ2) is 5.87. The number of imidazole rings is 1. The van der Waals surface area contributed by atoms with Crippen LogP contribution in [-0.4, -0.2) is 14.5 Å². The fourth-order valence-electron chi connectivity index (χ4n) is 2.10. The fourth-order valence-corrected chi connectivity index (χ4v) is 3.64. The molecule has 6 heteroatoms. The summed E-state index contributed by atoms with van der Waals surface area (Å²) in [6, 6.07) is 4.33. The zero-order valence-electron chi connectivity index (χ0n) is 11.4. The second-order valence-electron chi connectivity index (χ2n) is 4.59. The highest BCUT2D eigenvalue weighted by molar-refractivity contribution is 7.11. The Morgan fingerprint density at radius 3 is 2.90 bits per heavy atom. The first-order valence-corrected chi connectivity index (χ1v) is 8.09. The summed E-state index contributed by atoms with van der Waals surface area (Å²) in [4.78, 5) is 11.4. The Bertz CT molecular complexity index is 669. The van der Waals surface area contributed by atoms with Crippen LogP contribution in [0.2, 0.25) is 0 Å². The van der Waals surface area contributed by atoms with E-state index in [0.717, 1.165) is 17.4 Å². The summed E-state index contributed by atoms with van der Waals surface area (Å²) in [6.45, 7) is 2.84. The Balaban J connectivity index is 1.81. The number of rotatable bonds is 5. The first kappa shape index (κ1) is 13.5. The molecule has 0 saturated carbocycles. The maximum Gasteiger partial charge on any atom is 0.131 e. The van der Waals surface area contributed by atoms with Crippen molar-refractivity contribution in [2.75, 3.05) is 0 Å². The Morgan fingerprint density at radius 2 is 2.30 bits per heavy atom. The average molecular weight is 304 g/mol. The molecule has 0 aromatic carbocycles. The lowest BCUT2D eigenvalue weighted by Crippen LogP contribution is -2.24. The molecule has 0 bridgehead atoms. The molecule has 3 aromatic heterocycles. The van der Waals surface area contributed by atoms with E-state index < -0.39 is 0 Å². The highest BCUT2D eigenvalue weighted by atomic mass is 32.1. The Kier molecular flexibility index (Phi) is 3.95. The largest absolute Gasteiger partial charge is 0.336 e. The van der Waals surface area contributed by atoms with Crippen molar-refractivity contribution in [1.29, 1.82) is 0 Å². The summed E-state index contributed by atoms with van der Waals surface area (Å²) in [5.41, 5.74) is 0. The van der Waals surface area contributed by atoms with E-state index in [0.29, 0.717) is 0 Å². The Morgan fingerprint density at radius 1 is 1.40 bits per heavy atom. The van der Waals surface area contributed by atoms with Crippen LogP contribution in [0.4, 0.5) is 0 Å². The van der Waals surface area contributed by atoms with E-state index >= 15 is 0 Å². The van der Waals surface area contributed by atoms with Gasteiger partial charge in [0.05, 0.1) is 0 Å². The molecule has 0 amide bonds. The summed E-state index contributed by atoms with van der Waals surface area (Å²) >= 11 is 3.48. The van der Waals surface area contributed by atoms with Crippen molar-refractivity contribution in [3.05, 3.63) is 56.7 Å². The minimum Gasteiger partial charge on any atom is -0.336 e. The maximum atomic E-state index is 4.48. The molecule has 3 heterocycles. The second-order valence-corrected chi connectivity index (χ2v) is 6.89. The quantitative estimate of drug-likeness (QED) is 0.787. The predicted octanol–water partition coefficient (Wildman–Crippen LogP) is 3.13. The van der Waals surface area contributed by atoms with Gasteiger partial charge in [-0.25, -0.2) is 9.97 Å². The molecule has 0 fully saturated rings. The lowest BCUT2D eigenvalue weighted by molar-refractivity contribution is 0.564. The van der Waals surface area contributed by atoms with Crippen molar-refractivity contribution < 1.29 is 0 Å². The summed E-state index contributed by atoms with van der Waals surface area (Å²) in [6.07, 6.45) is 5.74. The third-order valence-corrected chi connectivity index (χ3v) is 4.92. The molecule has 0 saturated heterocycles. The van der Waals surface area contributed by atoms with Crippen molar-refractivity contribution in [2.45, 2.75) is 19.5 Å². The Hall–Kier alpha value is -1.50. The zero-order chi connectivity index (χ0) is 13.9. The van der Waals surface area contributed by atoms with Gasteiger partial charge in [0, 0.05) is 41.9 Å². The van der Waals surface area contributed by atoms with Crippen molar-refractivity contribution in [1.82, 2.24) is 19.9 Å². The maximum absolute atomic E-state index is 4.48. The topological polar surface area (TPSA) is 42.7 Å². The van der Waals surface area contributed by atoms with Gasteiger partial charge in [-0.1, -0.05) is 6.07 Å². The number of hydrogen-bond acceptors (Lipinski definition) is 5. The minimum atomic E-state index is 0.110. The third kappa shape index (κ3) is 2.82. The van der Waals surface area contributed by atoms with Crippen LogP contribution in [0.5, 0.6) is 0 Å². The molecule has 3 rings (SSSR count). The standard InChI is InChI=1S/C14H16N4S2/c1-10-8-16-12(20-10)9-17-13(11-4-3-7-19-11)14-15-5-6-18(14)2/h3-8,13,17H,9H2,1-2H3. The van der Waals surface area contributed by atoms with E-state index in [4.69, 9.17) is 0 Å². The first-order valence-electron chi connectivity index (χ1n) is 6.39. The number of hydrogen-bond donors (Lipinski definition) is 1. The van der Waals surface area contributed by atoms with Gasteiger partial charge in [0.25, 0.3) is 0 Å². The number of thiazole rings is 1. The van der Waals surface area contributed by atoms with E-state index in [2.05, 4.69) is 44.3 Å². The van der Waals surface area contributed by atoms with Crippen molar-refractivity contribution in [3.8, 4) is 0 Å². The van der Waals surface area contributed by atoms with Gasteiger partial charge in [-0.05, 0) is 18.4 Å². The fraction of sp³-hybridized carbons (Fsp3) is 0.286. The molecule has 1 N–H and O–H groups in total. The molecule has 0 radical (unpaired) electrons. The average Bonchev–Trinajstić information content (AvgIpc) is 3.14. The molecule has 1 unspecified atom stereocenters. The van der Waals surface area contributed by atoms with E-state index in [1.165, 1.54) is 9.75 Å². The highest BCUT2D eigenvalue weighted by Gasteiger charge is 2.19. The predicted molar refractivity (Wildman–Crippen MR) is 83.1 cm³/mol. The van der Waals surface area contributed by atoms with Crippen LogP contribution in [0.1, 0.15) is 26.6 Å². The number of thiophene rings is 1. The van der Waals surface area contributed by atoms with Crippen LogP contribution in [0.25, 0.3) is 0 Å². The molecule has 4 nitrogen and oxygen atoms in total. The zero-order valence-corrected chi connectivity index (χ0v) is 13.0. The van der Waals surface area contributed by atoms with Crippen molar-refractivity contribution in [3.63, 3.8) is 0 Å². The third-order valence-electron chi connectivity index (χ3n) is 3.07. The molecular weight excluding hydrogens is 288 g/mol. The summed E-state index contributed by atoms with van der Waals surface area (Å²) < 4.78 is 2.06. The van der Waals surface area contributed by atoms with Gasteiger partial charge in [-0.15, -0.1) is 22.7 Å². The summed E-state index contributed by atoms with van der Waals surface area (Å²) in [7, 11) is 2.03. The number of aryl methyl sites for hydroxylation is 2. The molecule has 0 aliphatic carbocycles. The first-order chi connectivity index (χ1) is 9.74. The normalized spacial score (nSPS) is 12.7. The van der Waals surface area contributed by atoms with E-state index in [1.54, 1.807) is 22.7 Å². The van der Waals surface area contributed by atoms with Crippen LogP contribution >= 0.6 is 22.7 Å². The highest BCUT2D eigenvalue weighted by Crippen LogP contribution is 2.25. The van der Waals surface area contributed by atoms with Crippen molar-refractivity contribution in [2.24, 2.45) is 7.05 Å². The van der Waals surface area contributed by atoms with Crippen LogP contribution < -0.4 is 5.32 Å². The minimum absolute atomic E-state index is 0.110. The molecule has 104 valence electrons. The SMILES string of the molecule is Cc1cnc(CNC(c2cccs2)c2nccn2C)s1. The van der Waals surface area contributed by atoms with Gasteiger partial charge >= 0.3 is 0 Å². The van der Waals surface area contributed by atoms with Crippen LogP contribution in [-0.2, 0) is 13.6 Å². The van der Waals surface area contributed by atoms with Gasteiger partial charge in [-0.2, -0.15) is 0 Å². The van der Waals surface area contributed by atoms with E-state index in [-0.39, 0.29) is 6.04 Å². The summed E-state index contributed by atoms with van der Waals surface area (Å²) in [5, 5.41) is 6.78. The van der Waals surface area contributed by atoms with Gasteiger partial charge in [0.15, 0.2) is 0 Å². The molecule has 1 atom stereocenters. The van der Waals surface area contributed by atoms with Crippen LogP contribution in [0, 0.1) is 6.92 Å². The van der Waals surface area contributed by atoms with E-state index in [9.17, 15) is 0 Å². The molecule has 3 aromatic rings. The monoisotopic (exact) mass is 304 g/mol. The molecule has 0 aliphatic rings. The van der Waals surface area contributed by atoms with Gasteiger partial charge in [0.1, 0.15) is 16.9 Å².